The lowest BCUT2D eigenvalue weighted by Crippen LogP contribution is -2.29. The van der Waals surface area contributed by atoms with Crippen LogP contribution in [0.1, 0.15) is 48.0 Å². The van der Waals surface area contributed by atoms with Gasteiger partial charge in [0, 0.05) is 5.57 Å². The summed E-state index contributed by atoms with van der Waals surface area (Å²) in [5, 5.41) is 0. The third-order valence-corrected chi connectivity index (χ3v) is 3.54. The van der Waals surface area contributed by atoms with E-state index < -0.39 is 11.2 Å². The van der Waals surface area contributed by atoms with Gasteiger partial charge in [0.05, 0.1) is 18.5 Å². The van der Waals surface area contributed by atoms with Gasteiger partial charge in [-0.1, -0.05) is 13.0 Å². The topological polar surface area (TPSA) is 35.5 Å². The Morgan fingerprint density at radius 1 is 1.20 bits per heavy atom. The Morgan fingerprint density at radius 2 is 1.80 bits per heavy atom. The van der Waals surface area contributed by atoms with Gasteiger partial charge >= 0.3 is 0 Å². The Balaban J connectivity index is 3.16. The van der Waals surface area contributed by atoms with E-state index in [0.717, 1.165) is 23.3 Å². The van der Waals surface area contributed by atoms with E-state index in [9.17, 15) is 4.79 Å². The molecule has 3 heteroatoms. The highest BCUT2D eigenvalue weighted by atomic mass is 16.5. The number of ketones is 1. The van der Waals surface area contributed by atoms with Crippen LogP contribution in [0.25, 0.3) is 0 Å². The maximum atomic E-state index is 12.4. The van der Waals surface area contributed by atoms with Crippen LogP contribution in [0.4, 0.5) is 0 Å². The van der Waals surface area contributed by atoms with E-state index in [1.165, 1.54) is 0 Å². The standard InChI is InChI=1S/C17H26O3/c1-8-13(10-9-12(2)19-7)11-14-15(18)17(5,6)20-16(14,3)4/h9-11H,8H2,1-7H3/b12-9+,13-10+,14-11-. The number of Topliss-reactive ketones (excluding diaryl/α,β-unsaturated/α-hetero) is 1. The molecule has 112 valence electrons. The third-order valence-electron chi connectivity index (χ3n) is 3.54. The van der Waals surface area contributed by atoms with Crippen LogP contribution in [0.2, 0.25) is 0 Å². The molecule has 0 spiro atoms. The molecule has 0 N–H and O–H groups in total. The maximum absolute atomic E-state index is 12.4. The van der Waals surface area contributed by atoms with E-state index in [1.807, 2.05) is 52.8 Å². The Bertz CT molecular complexity index is 476. The minimum Gasteiger partial charge on any atom is -0.501 e. The molecule has 3 nitrogen and oxygen atoms in total. The van der Waals surface area contributed by atoms with Crippen molar-refractivity contribution in [3.05, 3.63) is 35.1 Å². The molecule has 0 aromatic carbocycles. The van der Waals surface area contributed by atoms with Crippen molar-refractivity contribution in [2.24, 2.45) is 0 Å². The van der Waals surface area contributed by atoms with Crippen LogP contribution in [-0.2, 0) is 14.3 Å². The van der Waals surface area contributed by atoms with Crippen molar-refractivity contribution >= 4 is 5.78 Å². The molecule has 20 heavy (non-hydrogen) atoms. The van der Waals surface area contributed by atoms with Crippen LogP contribution in [0.5, 0.6) is 0 Å². The molecule has 0 saturated carbocycles. The van der Waals surface area contributed by atoms with E-state index in [2.05, 4.69) is 6.92 Å². The summed E-state index contributed by atoms with van der Waals surface area (Å²) in [4.78, 5) is 12.4. The Hall–Kier alpha value is -1.35. The van der Waals surface area contributed by atoms with Crippen molar-refractivity contribution in [3.63, 3.8) is 0 Å². The zero-order valence-corrected chi connectivity index (χ0v) is 13.7. The molecule has 0 aromatic heterocycles. The van der Waals surface area contributed by atoms with Crippen LogP contribution >= 0.6 is 0 Å². The highest BCUT2D eigenvalue weighted by Gasteiger charge is 2.49. The number of rotatable bonds is 4. The van der Waals surface area contributed by atoms with E-state index in [0.29, 0.717) is 0 Å². The fourth-order valence-corrected chi connectivity index (χ4v) is 2.32. The maximum Gasteiger partial charge on any atom is 0.192 e. The molecule has 1 rings (SSSR count). The lowest BCUT2D eigenvalue weighted by molar-refractivity contribution is -0.132. The van der Waals surface area contributed by atoms with Crippen LogP contribution in [0, 0.1) is 0 Å². The summed E-state index contributed by atoms with van der Waals surface area (Å²) in [5.41, 5.74) is 0.527. The first kappa shape index (κ1) is 16.7. The molecule has 1 fully saturated rings. The highest BCUT2D eigenvalue weighted by Crippen LogP contribution is 2.39. The minimum absolute atomic E-state index is 0.0642. The van der Waals surface area contributed by atoms with Crippen molar-refractivity contribution in [2.75, 3.05) is 7.11 Å². The Morgan fingerprint density at radius 3 is 2.20 bits per heavy atom. The molecule has 0 unspecified atom stereocenters. The third kappa shape index (κ3) is 3.60. The predicted octanol–water partition coefficient (Wildman–Crippen LogP) is 3.96. The summed E-state index contributed by atoms with van der Waals surface area (Å²) < 4.78 is 11.0. The first-order chi connectivity index (χ1) is 9.14. The monoisotopic (exact) mass is 278 g/mol. The van der Waals surface area contributed by atoms with Gasteiger partial charge in [0.2, 0.25) is 0 Å². The molecule has 0 radical (unpaired) electrons. The fourth-order valence-electron chi connectivity index (χ4n) is 2.32. The molecule has 1 aliphatic rings. The number of allylic oxidation sites excluding steroid dienone is 5. The van der Waals surface area contributed by atoms with Crippen molar-refractivity contribution in [1.29, 1.82) is 0 Å². The Kier molecular flexibility index (Phi) is 4.98. The normalized spacial score (nSPS) is 24.4. The van der Waals surface area contributed by atoms with Gasteiger partial charge in [-0.25, -0.2) is 0 Å². The molecular weight excluding hydrogens is 252 g/mol. The van der Waals surface area contributed by atoms with E-state index in [4.69, 9.17) is 9.47 Å². The van der Waals surface area contributed by atoms with E-state index in [-0.39, 0.29) is 5.78 Å². The number of hydrogen-bond donors (Lipinski definition) is 0. The number of ether oxygens (including phenoxy) is 2. The van der Waals surface area contributed by atoms with Gasteiger partial charge in [0.1, 0.15) is 5.60 Å². The lowest BCUT2D eigenvalue weighted by Gasteiger charge is -2.22. The van der Waals surface area contributed by atoms with Gasteiger partial charge in [-0.05, 0) is 58.8 Å². The van der Waals surface area contributed by atoms with Crippen LogP contribution < -0.4 is 0 Å². The van der Waals surface area contributed by atoms with E-state index in [1.54, 1.807) is 7.11 Å². The van der Waals surface area contributed by atoms with Gasteiger partial charge in [0.25, 0.3) is 0 Å². The zero-order valence-electron chi connectivity index (χ0n) is 13.7. The molecule has 1 aliphatic heterocycles. The molecule has 0 amide bonds. The SMILES string of the molecule is CCC(=C\C=C(/C)OC)/C=C1/C(=O)C(C)(C)OC1(C)C. The van der Waals surface area contributed by atoms with Gasteiger partial charge < -0.3 is 9.47 Å². The molecule has 0 aliphatic carbocycles. The number of methoxy groups -OCH3 is 1. The lowest BCUT2D eigenvalue weighted by atomic mass is 9.90. The van der Waals surface area contributed by atoms with Gasteiger partial charge in [-0.2, -0.15) is 0 Å². The molecule has 0 aromatic rings. The van der Waals surface area contributed by atoms with Crippen molar-refractivity contribution < 1.29 is 14.3 Å². The summed E-state index contributed by atoms with van der Waals surface area (Å²) in [6.07, 6.45) is 6.70. The summed E-state index contributed by atoms with van der Waals surface area (Å²) in [6, 6.07) is 0. The summed E-state index contributed by atoms with van der Waals surface area (Å²) in [6.45, 7) is 11.5. The Labute approximate surface area is 122 Å². The van der Waals surface area contributed by atoms with Crippen LogP contribution in [0.15, 0.2) is 35.1 Å². The average molecular weight is 278 g/mol. The second-order valence-corrected chi connectivity index (χ2v) is 6.09. The number of carbonyl (C=O) groups is 1. The second-order valence-electron chi connectivity index (χ2n) is 6.09. The number of hydrogen-bond acceptors (Lipinski definition) is 3. The highest BCUT2D eigenvalue weighted by molar-refractivity contribution is 6.05. The van der Waals surface area contributed by atoms with Gasteiger partial charge in [-0.3, -0.25) is 4.79 Å². The number of carbonyl (C=O) groups excluding carboxylic acids is 1. The fraction of sp³-hybridized carbons (Fsp3) is 0.588. The first-order valence-electron chi connectivity index (χ1n) is 7.02. The average Bonchev–Trinajstić information content (AvgIpc) is 2.50. The second kappa shape index (κ2) is 5.96. The van der Waals surface area contributed by atoms with Gasteiger partial charge in [0.15, 0.2) is 5.78 Å². The molecule has 1 heterocycles. The summed E-state index contributed by atoms with van der Waals surface area (Å²) >= 11 is 0. The molecule has 0 atom stereocenters. The molecule has 1 saturated heterocycles. The minimum atomic E-state index is -0.744. The first-order valence-corrected chi connectivity index (χ1v) is 7.02. The summed E-state index contributed by atoms with van der Waals surface area (Å²) in [7, 11) is 1.64. The van der Waals surface area contributed by atoms with Gasteiger partial charge in [-0.15, -0.1) is 0 Å². The largest absolute Gasteiger partial charge is 0.501 e. The zero-order chi connectivity index (χ0) is 15.6. The molecular formula is C17H26O3. The van der Waals surface area contributed by atoms with Crippen molar-refractivity contribution in [2.45, 2.75) is 59.2 Å². The van der Waals surface area contributed by atoms with E-state index >= 15 is 0 Å². The quantitative estimate of drug-likeness (QED) is 0.443. The van der Waals surface area contributed by atoms with Crippen molar-refractivity contribution in [1.82, 2.24) is 0 Å². The van der Waals surface area contributed by atoms with Crippen molar-refractivity contribution in [3.8, 4) is 0 Å². The van der Waals surface area contributed by atoms with Crippen LogP contribution in [0.3, 0.4) is 0 Å². The van der Waals surface area contributed by atoms with Crippen LogP contribution in [-0.4, -0.2) is 24.1 Å². The smallest absolute Gasteiger partial charge is 0.192 e. The molecule has 0 bridgehead atoms. The summed E-state index contributed by atoms with van der Waals surface area (Å²) in [5.74, 6) is 0.900. The predicted molar refractivity (Wildman–Crippen MR) is 81.5 cm³/mol.